The van der Waals surface area contributed by atoms with Crippen LogP contribution in [0.25, 0.3) is 6.08 Å². The molecule has 18 heavy (non-hydrogen) atoms. The van der Waals surface area contributed by atoms with Crippen molar-refractivity contribution in [3.8, 4) is 0 Å². The highest BCUT2D eigenvalue weighted by Gasteiger charge is 2.04. The van der Waals surface area contributed by atoms with Crippen LogP contribution in [0, 0.1) is 0 Å². The van der Waals surface area contributed by atoms with Crippen LogP contribution in [0.15, 0.2) is 52.7 Å². The van der Waals surface area contributed by atoms with E-state index in [0.29, 0.717) is 9.21 Å². The summed E-state index contributed by atoms with van der Waals surface area (Å²) in [5, 5.41) is 0. The number of hydrogen-bond acceptors (Lipinski definition) is 3. The number of halogens is 1. The molecule has 2 aromatic heterocycles. The Kier molecular flexibility index (Phi) is 4.18. The van der Waals surface area contributed by atoms with Crippen LogP contribution in [0.1, 0.15) is 22.4 Å². The molecule has 0 fully saturated rings. The summed E-state index contributed by atoms with van der Waals surface area (Å²) in [6.07, 6.45) is 6.78. The van der Waals surface area contributed by atoms with E-state index in [2.05, 4.69) is 0 Å². The Morgan fingerprint density at radius 1 is 1.33 bits per heavy atom. The first-order valence-corrected chi connectivity index (χ1v) is 6.54. The van der Waals surface area contributed by atoms with E-state index in [9.17, 15) is 4.79 Å². The molecule has 0 aromatic carbocycles. The number of hydrogen-bond donors (Lipinski definition) is 0. The highest BCUT2D eigenvalue weighted by atomic mass is 35.5. The number of allylic oxidation sites excluding steroid dienone is 3. The smallest absolute Gasteiger partial charge is 0.195 e. The van der Waals surface area contributed by atoms with Crippen molar-refractivity contribution in [3.63, 3.8) is 0 Å². The molecule has 2 nitrogen and oxygen atoms in total. The van der Waals surface area contributed by atoms with Crippen molar-refractivity contribution in [2.24, 2.45) is 0 Å². The van der Waals surface area contributed by atoms with E-state index in [1.165, 1.54) is 17.4 Å². The number of carbonyl (C=O) groups excluding carboxylic acids is 1. The molecular weight excluding hydrogens is 268 g/mol. The van der Waals surface area contributed by atoms with Crippen molar-refractivity contribution in [1.29, 1.82) is 0 Å². The van der Waals surface area contributed by atoms with Crippen molar-refractivity contribution in [1.82, 2.24) is 0 Å². The van der Waals surface area contributed by atoms with Crippen LogP contribution in [-0.4, -0.2) is 5.78 Å². The highest BCUT2D eigenvalue weighted by Crippen LogP contribution is 2.22. The summed E-state index contributed by atoms with van der Waals surface area (Å²) < 4.78 is 5.81. The molecular formula is C14H11ClO2S. The Balaban J connectivity index is 2.05. The van der Waals surface area contributed by atoms with E-state index in [0.717, 1.165) is 11.3 Å². The topological polar surface area (TPSA) is 30.2 Å². The molecule has 0 atom stereocenters. The SMILES string of the molecule is CC(/C=C/C(=O)c1ccc(Cl)s1)=C\c1ccco1. The lowest BCUT2D eigenvalue weighted by atomic mass is 10.2. The first kappa shape index (κ1) is 12.9. The highest BCUT2D eigenvalue weighted by molar-refractivity contribution is 7.18. The standard InChI is InChI=1S/C14H11ClO2S/c1-10(9-11-3-2-8-17-11)4-5-12(16)13-6-7-14(15)18-13/h2-9H,1H3/b5-4+,10-9+. The van der Waals surface area contributed by atoms with Gasteiger partial charge in [-0.25, -0.2) is 0 Å². The number of carbonyl (C=O) groups is 1. The second-order valence-corrected chi connectivity index (χ2v) is 5.42. The quantitative estimate of drug-likeness (QED) is 0.455. The van der Waals surface area contributed by atoms with E-state index < -0.39 is 0 Å². The molecule has 4 heteroatoms. The zero-order valence-corrected chi connectivity index (χ0v) is 11.3. The molecule has 0 N–H and O–H groups in total. The van der Waals surface area contributed by atoms with Gasteiger partial charge in [0.2, 0.25) is 0 Å². The summed E-state index contributed by atoms with van der Waals surface area (Å²) in [5.41, 5.74) is 0.945. The third-order valence-corrected chi connectivity index (χ3v) is 3.47. The number of thiophene rings is 1. The largest absolute Gasteiger partial charge is 0.465 e. The zero-order valence-electron chi connectivity index (χ0n) is 9.72. The third-order valence-electron chi connectivity index (χ3n) is 2.23. The van der Waals surface area contributed by atoms with E-state index >= 15 is 0 Å². The lowest BCUT2D eigenvalue weighted by Crippen LogP contribution is -1.88. The Morgan fingerprint density at radius 3 is 2.78 bits per heavy atom. The van der Waals surface area contributed by atoms with E-state index in [1.54, 1.807) is 24.5 Å². The van der Waals surface area contributed by atoms with Gasteiger partial charge in [0.15, 0.2) is 5.78 Å². The Bertz CT molecular complexity index is 591. The molecule has 0 aliphatic heterocycles. The maximum absolute atomic E-state index is 11.8. The van der Waals surface area contributed by atoms with E-state index in [1.807, 2.05) is 25.1 Å². The van der Waals surface area contributed by atoms with Gasteiger partial charge in [-0.1, -0.05) is 17.7 Å². The van der Waals surface area contributed by atoms with Gasteiger partial charge in [0.25, 0.3) is 0 Å². The molecule has 0 bridgehead atoms. The Morgan fingerprint density at radius 2 is 2.17 bits per heavy atom. The summed E-state index contributed by atoms with van der Waals surface area (Å²) >= 11 is 7.06. The number of ketones is 1. The molecule has 0 aliphatic rings. The molecule has 0 unspecified atom stereocenters. The van der Waals surface area contributed by atoms with Gasteiger partial charge in [-0.05, 0) is 48.9 Å². The molecule has 92 valence electrons. The third kappa shape index (κ3) is 3.45. The van der Waals surface area contributed by atoms with Crippen LogP contribution < -0.4 is 0 Å². The number of rotatable bonds is 4. The summed E-state index contributed by atoms with van der Waals surface area (Å²) in [4.78, 5) is 12.4. The second kappa shape index (κ2) is 5.85. The van der Waals surface area contributed by atoms with Crippen molar-refractivity contribution < 1.29 is 9.21 Å². The van der Waals surface area contributed by atoms with E-state index in [4.69, 9.17) is 16.0 Å². The lowest BCUT2D eigenvalue weighted by molar-refractivity contribution is 0.105. The average Bonchev–Trinajstić information content (AvgIpc) is 2.97. The predicted molar refractivity (Wildman–Crippen MR) is 75.2 cm³/mol. The fourth-order valence-corrected chi connectivity index (χ4v) is 2.35. The van der Waals surface area contributed by atoms with Gasteiger partial charge in [0, 0.05) is 0 Å². The van der Waals surface area contributed by atoms with Crippen LogP contribution in [0.3, 0.4) is 0 Å². The maximum Gasteiger partial charge on any atom is 0.195 e. The van der Waals surface area contributed by atoms with Crippen molar-refractivity contribution >= 4 is 34.8 Å². The monoisotopic (exact) mass is 278 g/mol. The fraction of sp³-hybridized carbons (Fsp3) is 0.0714. The summed E-state index contributed by atoms with van der Waals surface area (Å²) in [5.74, 6) is 0.725. The van der Waals surface area contributed by atoms with Crippen LogP contribution >= 0.6 is 22.9 Å². The van der Waals surface area contributed by atoms with Crippen LogP contribution in [0.4, 0.5) is 0 Å². The van der Waals surface area contributed by atoms with Crippen molar-refractivity contribution in [2.45, 2.75) is 6.92 Å². The van der Waals surface area contributed by atoms with Gasteiger partial charge in [-0.15, -0.1) is 11.3 Å². The predicted octanol–water partition coefficient (Wildman–Crippen LogP) is 4.84. The lowest BCUT2D eigenvalue weighted by Gasteiger charge is -1.91. The molecule has 0 saturated carbocycles. The minimum atomic E-state index is -0.0425. The summed E-state index contributed by atoms with van der Waals surface area (Å²) in [7, 11) is 0. The number of furan rings is 1. The molecule has 2 aromatic rings. The molecule has 0 saturated heterocycles. The van der Waals surface area contributed by atoms with Gasteiger partial charge in [0.1, 0.15) is 5.76 Å². The van der Waals surface area contributed by atoms with Crippen molar-refractivity contribution in [3.05, 3.63) is 63.2 Å². The molecule has 2 heterocycles. The van der Waals surface area contributed by atoms with Gasteiger partial charge in [-0.2, -0.15) is 0 Å². The summed E-state index contributed by atoms with van der Waals surface area (Å²) in [6, 6.07) is 7.13. The fourth-order valence-electron chi connectivity index (χ4n) is 1.38. The van der Waals surface area contributed by atoms with Gasteiger partial charge >= 0.3 is 0 Å². The Labute approximate surface area is 114 Å². The van der Waals surface area contributed by atoms with Gasteiger partial charge < -0.3 is 4.42 Å². The molecule has 0 radical (unpaired) electrons. The Hall–Kier alpha value is -1.58. The van der Waals surface area contributed by atoms with E-state index in [-0.39, 0.29) is 5.78 Å². The normalized spacial score (nSPS) is 12.2. The van der Waals surface area contributed by atoms with Crippen LogP contribution in [0.2, 0.25) is 4.34 Å². The maximum atomic E-state index is 11.8. The average molecular weight is 279 g/mol. The van der Waals surface area contributed by atoms with Crippen molar-refractivity contribution in [2.75, 3.05) is 0 Å². The van der Waals surface area contributed by atoms with Gasteiger partial charge in [-0.3, -0.25) is 4.79 Å². The molecule has 2 rings (SSSR count). The molecule has 0 amide bonds. The summed E-state index contributed by atoms with van der Waals surface area (Å²) in [6.45, 7) is 1.91. The molecule has 0 spiro atoms. The first-order chi connectivity index (χ1) is 8.65. The minimum Gasteiger partial charge on any atom is -0.465 e. The second-order valence-electron chi connectivity index (χ2n) is 3.71. The van der Waals surface area contributed by atoms with Crippen LogP contribution in [-0.2, 0) is 0 Å². The molecule has 0 aliphatic carbocycles. The first-order valence-electron chi connectivity index (χ1n) is 5.35. The van der Waals surface area contributed by atoms with Crippen LogP contribution in [0.5, 0.6) is 0 Å². The van der Waals surface area contributed by atoms with Gasteiger partial charge in [0.05, 0.1) is 15.5 Å². The zero-order chi connectivity index (χ0) is 13.0. The minimum absolute atomic E-state index is 0.0425.